The second-order valence-corrected chi connectivity index (χ2v) is 4.66. The maximum atomic E-state index is 13.5. The molecule has 1 aromatic carbocycles. The van der Waals surface area contributed by atoms with Gasteiger partial charge in [-0.25, -0.2) is 0 Å². The van der Waals surface area contributed by atoms with Crippen LogP contribution in [-0.2, 0) is 0 Å². The van der Waals surface area contributed by atoms with Crippen LogP contribution in [0.4, 0.5) is 10.1 Å². The predicted octanol–water partition coefficient (Wildman–Crippen LogP) is 3.55. The molecule has 0 aliphatic heterocycles. The third-order valence-electron chi connectivity index (χ3n) is 1.81. The van der Waals surface area contributed by atoms with Gasteiger partial charge in [-0.2, -0.15) is 4.39 Å². The number of rotatable bonds is 1. The summed E-state index contributed by atoms with van der Waals surface area (Å²) in [6, 6.07) is 2.78. The molecule has 2 aromatic rings. The monoisotopic (exact) mass is 323 g/mol. The van der Waals surface area contributed by atoms with Crippen LogP contribution in [0.2, 0.25) is 0 Å². The number of halogens is 2. The first-order chi connectivity index (χ1) is 6.61. The van der Waals surface area contributed by atoms with Crippen molar-refractivity contribution in [3.05, 3.63) is 37.0 Å². The van der Waals surface area contributed by atoms with E-state index in [1.165, 1.54) is 17.4 Å². The molecule has 0 aliphatic rings. The van der Waals surface area contributed by atoms with Crippen molar-refractivity contribution in [3.8, 4) is 0 Å². The van der Waals surface area contributed by atoms with Crippen molar-refractivity contribution in [2.24, 2.45) is 0 Å². The Balaban J connectivity index is 2.82. The highest BCUT2D eigenvalue weighted by atomic mass is 127. The summed E-state index contributed by atoms with van der Waals surface area (Å²) in [4.78, 5) is 9.73. The van der Waals surface area contributed by atoms with Crippen LogP contribution in [0, 0.1) is 19.5 Å². The van der Waals surface area contributed by atoms with Crippen LogP contribution in [0.25, 0.3) is 10.1 Å². The van der Waals surface area contributed by atoms with Gasteiger partial charge in [-0.05, 0) is 28.7 Å². The molecule has 2 rings (SSSR count). The van der Waals surface area contributed by atoms with Crippen molar-refractivity contribution in [1.29, 1.82) is 0 Å². The lowest BCUT2D eigenvalue weighted by molar-refractivity contribution is -0.387. The summed E-state index contributed by atoms with van der Waals surface area (Å²) in [5.41, 5.74) is -0.462. The summed E-state index contributed by atoms with van der Waals surface area (Å²) in [6.07, 6.45) is 0. The molecular weight excluding hydrogens is 320 g/mol. The first kappa shape index (κ1) is 9.78. The van der Waals surface area contributed by atoms with Crippen molar-refractivity contribution in [1.82, 2.24) is 0 Å². The normalized spacial score (nSPS) is 10.7. The molecule has 6 heteroatoms. The van der Waals surface area contributed by atoms with Crippen LogP contribution in [0.1, 0.15) is 0 Å². The van der Waals surface area contributed by atoms with Crippen molar-refractivity contribution in [2.45, 2.75) is 0 Å². The van der Waals surface area contributed by atoms with E-state index in [1.807, 2.05) is 0 Å². The van der Waals surface area contributed by atoms with E-state index in [1.54, 1.807) is 11.4 Å². The molecule has 72 valence electrons. The Morgan fingerprint density at radius 2 is 2.21 bits per heavy atom. The highest BCUT2D eigenvalue weighted by molar-refractivity contribution is 14.1. The fraction of sp³-hybridized carbons (Fsp3) is 0. The number of benzene rings is 1. The largest absolute Gasteiger partial charge is 0.306 e. The molecule has 0 fully saturated rings. The summed E-state index contributed by atoms with van der Waals surface area (Å²) in [5.74, 6) is -0.736. The molecule has 0 aliphatic carbocycles. The Morgan fingerprint density at radius 3 is 2.86 bits per heavy atom. The third-order valence-corrected chi connectivity index (χ3v) is 4.11. The predicted molar refractivity (Wildman–Crippen MR) is 61.2 cm³/mol. The van der Waals surface area contributed by atoms with E-state index < -0.39 is 16.4 Å². The van der Waals surface area contributed by atoms with Gasteiger partial charge >= 0.3 is 5.69 Å². The van der Waals surface area contributed by atoms with Crippen LogP contribution in [-0.4, -0.2) is 4.92 Å². The summed E-state index contributed by atoms with van der Waals surface area (Å²) in [5, 5.41) is 13.0. The topological polar surface area (TPSA) is 43.1 Å². The van der Waals surface area contributed by atoms with Crippen molar-refractivity contribution >= 4 is 49.7 Å². The molecule has 3 nitrogen and oxygen atoms in total. The number of nitro benzene ring substituents is 1. The Kier molecular flexibility index (Phi) is 2.40. The minimum Gasteiger partial charge on any atom is -0.258 e. The van der Waals surface area contributed by atoms with Crippen molar-refractivity contribution < 1.29 is 9.31 Å². The second kappa shape index (κ2) is 3.43. The lowest BCUT2D eigenvalue weighted by Gasteiger charge is -1.95. The molecule has 0 amide bonds. The molecule has 0 atom stereocenters. The molecule has 1 heterocycles. The molecule has 0 N–H and O–H groups in total. The van der Waals surface area contributed by atoms with Crippen molar-refractivity contribution in [2.75, 3.05) is 0 Å². The highest BCUT2D eigenvalue weighted by Crippen LogP contribution is 2.33. The smallest absolute Gasteiger partial charge is 0.258 e. The third kappa shape index (κ3) is 1.38. The summed E-state index contributed by atoms with van der Waals surface area (Å²) >= 11 is 3.26. The molecule has 14 heavy (non-hydrogen) atoms. The van der Waals surface area contributed by atoms with E-state index in [4.69, 9.17) is 0 Å². The van der Waals surface area contributed by atoms with Gasteiger partial charge in [0.05, 0.1) is 9.62 Å². The van der Waals surface area contributed by atoms with Crippen molar-refractivity contribution in [3.63, 3.8) is 0 Å². The Bertz CT molecular complexity index is 525. The second-order valence-electron chi connectivity index (χ2n) is 2.62. The molecule has 0 unspecified atom stereocenters. The van der Waals surface area contributed by atoms with E-state index in [0.29, 0.717) is 4.70 Å². The fourth-order valence-corrected chi connectivity index (χ4v) is 3.04. The first-order valence-corrected chi connectivity index (χ1v) is 5.56. The van der Waals surface area contributed by atoms with Crippen LogP contribution in [0.15, 0.2) is 17.5 Å². The van der Waals surface area contributed by atoms with Gasteiger partial charge in [-0.3, -0.25) is 10.1 Å². The maximum Gasteiger partial charge on any atom is 0.306 e. The van der Waals surface area contributed by atoms with Gasteiger partial charge in [-0.15, -0.1) is 11.3 Å². The number of fused-ring (bicyclic) bond motifs is 1. The van der Waals surface area contributed by atoms with Crippen LogP contribution < -0.4 is 0 Å². The van der Waals surface area contributed by atoms with E-state index in [2.05, 4.69) is 22.6 Å². The average molecular weight is 323 g/mol. The van der Waals surface area contributed by atoms with Gasteiger partial charge in [0.1, 0.15) is 0 Å². The zero-order chi connectivity index (χ0) is 10.3. The highest BCUT2D eigenvalue weighted by Gasteiger charge is 2.18. The SMILES string of the molecule is O=[N+]([O-])c1ccc2c(I)csc2c1F. The molecule has 0 bridgehead atoms. The quantitative estimate of drug-likeness (QED) is 0.458. The molecule has 0 saturated heterocycles. The Labute approximate surface area is 95.8 Å². The molecular formula is C8H3FINO2S. The van der Waals surface area contributed by atoms with Gasteiger partial charge in [0.2, 0.25) is 5.82 Å². The molecule has 0 saturated carbocycles. The zero-order valence-electron chi connectivity index (χ0n) is 6.66. The van der Waals surface area contributed by atoms with Gasteiger partial charge in [-0.1, -0.05) is 0 Å². The summed E-state index contributed by atoms with van der Waals surface area (Å²) in [6.45, 7) is 0. The number of hydrogen-bond donors (Lipinski definition) is 0. The fourth-order valence-electron chi connectivity index (χ4n) is 1.16. The summed E-state index contributed by atoms with van der Waals surface area (Å²) in [7, 11) is 0. The average Bonchev–Trinajstić information content (AvgIpc) is 2.49. The number of nitrogens with zero attached hydrogens (tertiary/aromatic N) is 1. The molecule has 0 radical (unpaired) electrons. The van der Waals surface area contributed by atoms with Crippen LogP contribution in [0.3, 0.4) is 0 Å². The van der Waals surface area contributed by atoms with Gasteiger partial charge in [0, 0.05) is 20.4 Å². The van der Waals surface area contributed by atoms with Crippen LogP contribution >= 0.6 is 33.9 Å². The maximum absolute atomic E-state index is 13.5. The van der Waals surface area contributed by atoms with Gasteiger partial charge in [0.15, 0.2) is 0 Å². The van der Waals surface area contributed by atoms with E-state index in [9.17, 15) is 14.5 Å². The lowest BCUT2D eigenvalue weighted by atomic mass is 10.2. The number of hydrogen-bond acceptors (Lipinski definition) is 3. The van der Waals surface area contributed by atoms with Gasteiger partial charge in [0.25, 0.3) is 0 Å². The lowest BCUT2D eigenvalue weighted by Crippen LogP contribution is -1.91. The van der Waals surface area contributed by atoms with E-state index >= 15 is 0 Å². The van der Waals surface area contributed by atoms with Crippen LogP contribution in [0.5, 0.6) is 0 Å². The Morgan fingerprint density at radius 1 is 1.50 bits per heavy atom. The standard InChI is InChI=1S/C8H3FINO2S/c9-7-6(11(12)13)2-1-4-5(10)3-14-8(4)7/h1-3H. The molecule has 0 spiro atoms. The number of thiophene rings is 1. The van der Waals surface area contributed by atoms with Gasteiger partial charge < -0.3 is 0 Å². The molecule has 1 aromatic heterocycles. The minimum absolute atomic E-state index is 0.351. The summed E-state index contributed by atoms with van der Waals surface area (Å²) < 4.78 is 14.8. The Hall–Kier alpha value is -0.760. The minimum atomic E-state index is -0.736. The first-order valence-electron chi connectivity index (χ1n) is 3.61. The number of nitro groups is 1. The zero-order valence-corrected chi connectivity index (χ0v) is 9.63. The van der Waals surface area contributed by atoms with E-state index in [-0.39, 0.29) is 0 Å². The van der Waals surface area contributed by atoms with E-state index in [0.717, 1.165) is 8.96 Å².